The van der Waals surface area contributed by atoms with Gasteiger partial charge in [-0.05, 0) is 23.3 Å². The number of rotatable bonds is 6. The molecule has 0 aliphatic carbocycles. The molecule has 1 aliphatic rings. The first kappa shape index (κ1) is 19.2. The Balaban J connectivity index is 1.45. The van der Waals surface area contributed by atoms with Crippen molar-refractivity contribution in [3.8, 4) is 0 Å². The molecule has 3 aromatic rings. The second kappa shape index (κ2) is 8.49. The summed E-state index contributed by atoms with van der Waals surface area (Å²) in [5.41, 5.74) is 2.51. The number of carbonyl (C=O) groups is 1. The maximum atomic E-state index is 12.5. The molecule has 0 saturated carbocycles. The van der Waals surface area contributed by atoms with Gasteiger partial charge in [0.15, 0.2) is 0 Å². The zero-order valence-electron chi connectivity index (χ0n) is 15.8. The highest BCUT2D eigenvalue weighted by Gasteiger charge is 2.31. The molecule has 0 radical (unpaired) electrons. The molecule has 2 N–H and O–H groups in total. The number of H-pyrrole nitrogens is 1. The van der Waals surface area contributed by atoms with Crippen molar-refractivity contribution in [3.05, 3.63) is 92.9 Å². The summed E-state index contributed by atoms with van der Waals surface area (Å²) >= 11 is 5.91. The average molecular weight is 409 g/mol. The van der Waals surface area contributed by atoms with Gasteiger partial charge < -0.3 is 10.2 Å². The predicted molar refractivity (Wildman–Crippen MR) is 113 cm³/mol. The van der Waals surface area contributed by atoms with Crippen LogP contribution in [0.3, 0.4) is 0 Å². The number of anilines is 1. The smallest absolute Gasteiger partial charge is 0.252 e. The number of halogens is 1. The van der Waals surface area contributed by atoms with E-state index in [1.807, 2.05) is 59.5 Å². The number of aromatic nitrogens is 2. The van der Waals surface area contributed by atoms with E-state index in [9.17, 15) is 9.59 Å². The molecule has 1 saturated heterocycles. The van der Waals surface area contributed by atoms with Crippen molar-refractivity contribution in [2.24, 2.45) is 0 Å². The molecule has 1 aromatic heterocycles. The van der Waals surface area contributed by atoms with Crippen molar-refractivity contribution in [2.75, 3.05) is 11.9 Å². The maximum Gasteiger partial charge on any atom is 0.252 e. The van der Waals surface area contributed by atoms with Crippen LogP contribution in [0.15, 0.2) is 65.5 Å². The summed E-state index contributed by atoms with van der Waals surface area (Å²) in [7, 11) is 0. The van der Waals surface area contributed by atoms with Gasteiger partial charge in [-0.1, -0.05) is 54.1 Å². The zero-order chi connectivity index (χ0) is 20.2. The van der Waals surface area contributed by atoms with Crippen LogP contribution in [-0.4, -0.2) is 27.3 Å². The summed E-state index contributed by atoms with van der Waals surface area (Å²) < 4.78 is 0. The number of amides is 1. The molecule has 2 aromatic carbocycles. The van der Waals surface area contributed by atoms with E-state index in [0.717, 1.165) is 11.1 Å². The van der Waals surface area contributed by atoms with Crippen molar-refractivity contribution in [1.82, 2.24) is 14.9 Å². The van der Waals surface area contributed by atoms with Crippen molar-refractivity contribution in [2.45, 2.75) is 25.4 Å². The Hall–Kier alpha value is -3.12. The molecule has 2 heterocycles. The van der Waals surface area contributed by atoms with Gasteiger partial charge in [0.25, 0.3) is 5.56 Å². The summed E-state index contributed by atoms with van der Waals surface area (Å²) in [6.45, 7) is 1.63. The van der Waals surface area contributed by atoms with E-state index >= 15 is 0 Å². The lowest BCUT2D eigenvalue weighted by Crippen LogP contribution is -2.24. The summed E-state index contributed by atoms with van der Waals surface area (Å²) in [6, 6.07) is 18.8. The number of benzene rings is 2. The molecule has 1 atom stereocenters. The maximum absolute atomic E-state index is 12.5. The Morgan fingerprint density at radius 1 is 1.07 bits per heavy atom. The fraction of sp³-hybridized carbons (Fsp3) is 0.227. The minimum atomic E-state index is -0.234. The number of hydrogen-bond donors (Lipinski definition) is 2. The highest BCUT2D eigenvalue weighted by Crippen LogP contribution is 2.28. The molecule has 1 amide bonds. The number of aromatic amines is 1. The largest absolute Gasteiger partial charge is 0.352 e. The van der Waals surface area contributed by atoms with Crippen LogP contribution in [0.1, 0.15) is 29.2 Å². The van der Waals surface area contributed by atoms with Gasteiger partial charge in [-0.3, -0.25) is 14.6 Å². The SMILES string of the molecule is O=C1CC(c2cc(=O)[nH]c(NCc3ccc(Cl)cc3)n2)CN1Cc1ccccc1. The van der Waals surface area contributed by atoms with Crippen molar-refractivity contribution >= 4 is 23.5 Å². The van der Waals surface area contributed by atoms with Gasteiger partial charge >= 0.3 is 0 Å². The molecule has 0 bridgehead atoms. The van der Waals surface area contributed by atoms with Crippen LogP contribution >= 0.6 is 11.6 Å². The van der Waals surface area contributed by atoms with Crippen LogP contribution in [0.4, 0.5) is 5.95 Å². The molecule has 148 valence electrons. The number of carbonyl (C=O) groups excluding carboxylic acids is 1. The van der Waals surface area contributed by atoms with E-state index in [-0.39, 0.29) is 17.4 Å². The molecule has 4 rings (SSSR count). The second-order valence-electron chi connectivity index (χ2n) is 7.16. The van der Waals surface area contributed by atoms with Gasteiger partial charge in [0.2, 0.25) is 11.9 Å². The number of hydrogen-bond acceptors (Lipinski definition) is 4. The van der Waals surface area contributed by atoms with Crippen LogP contribution in [0, 0.1) is 0 Å². The van der Waals surface area contributed by atoms with Gasteiger partial charge in [0, 0.05) is 43.1 Å². The Kier molecular flexibility index (Phi) is 5.62. The van der Waals surface area contributed by atoms with Crippen molar-refractivity contribution in [1.29, 1.82) is 0 Å². The molecule has 0 spiro atoms. The number of nitrogens with zero attached hydrogens (tertiary/aromatic N) is 2. The first-order chi connectivity index (χ1) is 14.1. The molecule has 6 nitrogen and oxygen atoms in total. The molecular formula is C22H21ClN4O2. The van der Waals surface area contributed by atoms with Crippen LogP contribution in [0.25, 0.3) is 0 Å². The third-order valence-corrected chi connectivity index (χ3v) is 5.24. The number of nitrogens with one attached hydrogen (secondary N) is 2. The highest BCUT2D eigenvalue weighted by atomic mass is 35.5. The summed E-state index contributed by atoms with van der Waals surface area (Å²) in [5.74, 6) is 0.387. The average Bonchev–Trinajstić information content (AvgIpc) is 3.08. The van der Waals surface area contributed by atoms with Gasteiger partial charge in [-0.2, -0.15) is 0 Å². The fourth-order valence-corrected chi connectivity index (χ4v) is 3.61. The summed E-state index contributed by atoms with van der Waals surface area (Å²) in [4.78, 5) is 33.7. The predicted octanol–water partition coefficient (Wildman–Crippen LogP) is 3.55. The van der Waals surface area contributed by atoms with Gasteiger partial charge in [0.05, 0.1) is 5.69 Å². The first-order valence-electron chi connectivity index (χ1n) is 9.48. The van der Waals surface area contributed by atoms with Crippen LogP contribution in [-0.2, 0) is 17.9 Å². The van der Waals surface area contributed by atoms with Crippen LogP contribution < -0.4 is 10.9 Å². The topological polar surface area (TPSA) is 78.1 Å². The molecule has 7 heteroatoms. The monoisotopic (exact) mass is 408 g/mol. The van der Waals surface area contributed by atoms with E-state index in [1.165, 1.54) is 6.07 Å². The van der Waals surface area contributed by atoms with Crippen molar-refractivity contribution < 1.29 is 4.79 Å². The lowest BCUT2D eigenvalue weighted by atomic mass is 10.0. The Morgan fingerprint density at radius 2 is 1.83 bits per heavy atom. The lowest BCUT2D eigenvalue weighted by Gasteiger charge is -2.17. The first-order valence-corrected chi connectivity index (χ1v) is 9.86. The third-order valence-electron chi connectivity index (χ3n) is 4.98. The lowest BCUT2D eigenvalue weighted by molar-refractivity contribution is -0.128. The van der Waals surface area contributed by atoms with E-state index in [4.69, 9.17) is 11.6 Å². The number of likely N-dealkylation sites (tertiary alicyclic amines) is 1. The molecule has 1 aliphatic heterocycles. The molecule has 29 heavy (non-hydrogen) atoms. The van der Waals surface area contributed by atoms with Gasteiger partial charge in [-0.15, -0.1) is 0 Å². The zero-order valence-corrected chi connectivity index (χ0v) is 16.5. The summed E-state index contributed by atoms with van der Waals surface area (Å²) in [6.07, 6.45) is 0.361. The second-order valence-corrected chi connectivity index (χ2v) is 7.60. The fourth-order valence-electron chi connectivity index (χ4n) is 3.48. The van der Waals surface area contributed by atoms with E-state index in [2.05, 4.69) is 15.3 Å². The van der Waals surface area contributed by atoms with Crippen molar-refractivity contribution in [3.63, 3.8) is 0 Å². The third kappa shape index (κ3) is 4.84. The standard InChI is InChI=1S/C22H21ClN4O2/c23-18-8-6-15(7-9-18)12-24-22-25-19(11-20(28)26-22)17-10-21(29)27(14-17)13-16-4-2-1-3-5-16/h1-9,11,17H,10,12-14H2,(H2,24,25,26,28). The summed E-state index contributed by atoms with van der Waals surface area (Å²) in [5, 5.41) is 3.81. The van der Waals surface area contributed by atoms with E-state index < -0.39 is 0 Å². The molecular weight excluding hydrogens is 388 g/mol. The van der Waals surface area contributed by atoms with Crippen LogP contribution in [0.5, 0.6) is 0 Å². The molecule has 1 fully saturated rings. The van der Waals surface area contributed by atoms with E-state index in [0.29, 0.717) is 42.7 Å². The van der Waals surface area contributed by atoms with Gasteiger partial charge in [0.1, 0.15) is 0 Å². The quantitative estimate of drug-likeness (QED) is 0.653. The van der Waals surface area contributed by atoms with Crippen LogP contribution in [0.2, 0.25) is 5.02 Å². The minimum absolute atomic E-state index is 0.0802. The highest BCUT2D eigenvalue weighted by molar-refractivity contribution is 6.30. The minimum Gasteiger partial charge on any atom is -0.352 e. The normalized spacial score (nSPS) is 16.2. The Bertz CT molecular complexity index is 1050. The Labute approximate surface area is 173 Å². The van der Waals surface area contributed by atoms with E-state index in [1.54, 1.807) is 0 Å². The van der Waals surface area contributed by atoms with Gasteiger partial charge in [-0.25, -0.2) is 4.98 Å². The Morgan fingerprint density at radius 3 is 2.59 bits per heavy atom. The molecule has 1 unspecified atom stereocenters.